The second-order valence-electron chi connectivity index (χ2n) is 6.48. The number of nitro benzene ring substituents is 1. The highest BCUT2D eigenvalue weighted by Crippen LogP contribution is 2.25. The van der Waals surface area contributed by atoms with Crippen LogP contribution in [0.5, 0.6) is 0 Å². The van der Waals surface area contributed by atoms with E-state index in [2.05, 4.69) is 5.10 Å². The van der Waals surface area contributed by atoms with E-state index in [4.69, 9.17) is 11.6 Å². The van der Waals surface area contributed by atoms with Crippen molar-refractivity contribution in [1.82, 2.24) is 14.7 Å². The van der Waals surface area contributed by atoms with Gasteiger partial charge in [0.25, 0.3) is 11.6 Å². The zero-order valence-corrected chi connectivity index (χ0v) is 16.5. The number of benzene rings is 2. The van der Waals surface area contributed by atoms with Crippen molar-refractivity contribution in [2.45, 2.75) is 20.4 Å². The Morgan fingerprint density at radius 2 is 1.89 bits per heavy atom. The zero-order chi connectivity index (χ0) is 20.4. The molecule has 0 fully saturated rings. The van der Waals surface area contributed by atoms with Crippen molar-refractivity contribution in [2.75, 3.05) is 7.05 Å². The predicted octanol–water partition coefficient (Wildman–Crippen LogP) is 4.32. The highest BCUT2D eigenvalue weighted by atomic mass is 35.5. The highest BCUT2D eigenvalue weighted by Gasteiger charge is 2.21. The third-order valence-electron chi connectivity index (χ3n) is 4.58. The zero-order valence-electron chi connectivity index (χ0n) is 15.7. The summed E-state index contributed by atoms with van der Waals surface area (Å²) in [6, 6.07) is 13.6. The lowest BCUT2D eigenvalue weighted by Gasteiger charge is -2.18. The van der Waals surface area contributed by atoms with Crippen LogP contribution >= 0.6 is 11.6 Å². The predicted molar refractivity (Wildman–Crippen MR) is 107 cm³/mol. The molecule has 7 nitrogen and oxygen atoms in total. The van der Waals surface area contributed by atoms with Crippen molar-refractivity contribution >= 4 is 23.2 Å². The third kappa shape index (κ3) is 3.75. The molecule has 8 heteroatoms. The Labute approximate surface area is 167 Å². The van der Waals surface area contributed by atoms with Crippen LogP contribution in [0.1, 0.15) is 27.3 Å². The first-order valence-electron chi connectivity index (χ1n) is 8.59. The standard InChI is InChI=1S/C20H19ClN4O3/c1-13-18(14(2)24(22-13)15-7-5-4-6-8-15)12-23(3)20(26)17-10-9-16(25(27)28)11-19(17)21/h4-11H,12H2,1-3H3. The molecule has 0 bridgehead atoms. The fourth-order valence-corrected chi connectivity index (χ4v) is 3.29. The molecule has 1 heterocycles. The summed E-state index contributed by atoms with van der Waals surface area (Å²) in [5, 5.41) is 15.5. The number of hydrogen-bond donors (Lipinski definition) is 0. The van der Waals surface area contributed by atoms with Gasteiger partial charge in [0.05, 0.1) is 26.9 Å². The number of non-ortho nitro benzene ring substituents is 1. The third-order valence-corrected chi connectivity index (χ3v) is 4.89. The number of nitrogens with zero attached hydrogens (tertiary/aromatic N) is 4. The lowest BCUT2D eigenvalue weighted by molar-refractivity contribution is -0.384. The molecule has 2 aromatic carbocycles. The van der Waals surface area contributed by atoms with Crippen LogP contribution < -0.4 is 0 Å². The maximum absolute atomic E-state index is 12.8. The maximum atomic E-state index is 12.8. The topological polar surface area (TPSA) is 81.3 Å². The largest absolute Gasteiger partial charge is 0.337 e. The molecular weight excluding hydrogens is 380 g/mol. The molecule has 3 rings (SSSR count). The Bertz CT molecular complexity index is 1050. The first-order chi connectivity index (χ1) is 13.3. The van der Waals surface area contributed by atoms with Crippen molar-refractivity contribution in [3.05, 3.63) is 86.2 Å². The van der Waals surface area contributed by atoms with Gasteiger partial charge < -0.3 is 4.90 Å². The van der Waals surface area contributed by atoms with Crippen LogP contribution in [0.25, 0.3) is 5.69 Å². The van der Waals surface area contributed by atoms with Gasteiger partial charge in [0.2, 0.25) is 0 Å². The van der Waals surface area contributed by atoms with Crippen LogP contribution in [-0.2, 0) is 6.54 Å². The number of amides is 1. The van der Waals surface area contributed by atoms with Crippen LogP contribution in [-0.4, -0.2) is 32.6 Å². The number of carbonyl (C=O) groups is 1. The number of carbonyl (C=O) groups excluding carboxylic acids is 1. The number of aromatic nitrogens is 2. The van der Waals surface area contributed by atoms with Gasteiger partial charge in [-0.25, -0.2) is 4.68 Å². The molecule has 0 aliphatic carbocycles. The van der Waals surface area contributed by atoms with Crippen molar-refractivity contribution in [2.24, 2.45) is 0 Å². The molecule has 0 radical (unpaired) electrons. The molecule has 0 atom stereocenters. The summed E-state index contributed by atoms with van der Waals surface area (Å²) in [6.07, 6.45) is 0. The monoisotopic (exact) mass is 398 g/mol. The van der Waals surface area contributed by atoms with Gasteiger partial charge in [0, 0.05) is 37.0 Å². The molecule has 28 heavy (non-hydrogen) atoms. The van der Waals surface area contributed by atoms with E-state index in [0.29, 0.717) is 6.54 Å². The van der Waals surface area contributed by atoms with E-state index in [0.717, 1.165) is 22.6 Å². The molecule has 0 saturated carbocycles. The minimum Gasteiger partial charge on any atom is -0.337 e. The molecule has 0 aliphatic rings. The number of halogens is 1. The number of hydrogen-bond acceptors (Lipinski definition) is 4. The lowest BCUT2D eigenvalue weighted by Crippen LogP contribution is -2.27. The average molecular weight is 399 g/mol. The van der Waals surface area contributed by atoms with Crippen LogP contribution in [0.3, 0.4) is 0 Å². The van der Waals surface area contributed by atoms with E-state index in [9.17, 15) is 14.9 Å². The van der Waals surface area contributed by atoms with Crippen molar-refractivity contribution in [3.8, 4) is 5.69 Å². The van der Waals surface area contributed by atoms with E-state index in [-0.39, 0.29) is 22.2 Å². The fraction of sp³-hybridized carbons (Fsp3) is 0.200. The molecule has 1 amide bonds. The number of aryl methyl sites for hydroxylation is 1. The minimum absolute atomic E-state index is 0.0551. The van der Waals surface area contributed by atoms with Crippen LogP contribution in [0.4, 0.5) is 5.69 Å². The highest BCUT2D eigenvalue weighted by molar-refractivity contribution is 6.34. The van der Waals surface area contributed by atoms with Gasteiger partial charge >= 0.3 is 0 Å². The van der Waals surface area contributed by atoms with Crippen LogP contribution in [0.2, 0.25) is 5.02 Å². The average Bonchev–Trinajstić information content (AvgIpc) is 2.96. The minimum atomic E-state index is -0.547. The van der Waals surface area contributed by atoms with E-state index in [1.807, 2.05) is 48.9 Å². The second kappa shape index (κ2) is 7.82. The van der Waals surface area contributed by atoms with Gasteiger partial charge in [0.15, 0.2) is 0 Å². The van der Waals surface area contributed by atoms with Crippen molar-refractivity contribution in [3.63, 3.8) is 0 Å². The number of nitro groups is 1. The summed E-state index contributed by atoms with van der Waals surface area (Å²) >= 11 is 6.09. The SMILES string of the molecule is Cc1nn(-c2ccccc2)c(C)c1CN(C)C(=O)c1ccc([N+](=O)[O-])cc1Cl. The van der Waals surface area contributed by atoms with Gasteiger partial charge in [-0.3, -0.25) is 14.9 Å². The molecular formula is C20H19ClN4O3. The van der Waals surface area contributed by atoms with E-state index < -0.39 is 4.92 Å². The smallest absolute Gasteiger partial charge is 0.270 e. The maximum Gasteiger partial charge on any atom is 0.270 e. The summed E-state index contributed by atoms with van der Waals surface area (Å²) in [7, 11) is 1.67. The Hall–Kier alpha value is -3.19. The van der Waals surface area contributed by atoms with Gasteiger partial charge in [0.1, 0.15) is 0 Å². The molecule has 0 N–H and O–H groups in total. The summed E-state index contributed by atoms with van der Waals surface area (Å²) in [6.45, 7) is 4.20. The van der Waals surface area contributed by atoms with Crippen LogP contribution in [0.15, 0.2) is 48.5 Å². The van der Waals surface area contributed by atoms with Crippen molar-refractivity contribution in [1.29, 1.82) is 0 Å². The lowest BCUT2D eigenvalue weighted by atomic mass is 10.1. The van der Waals surface area contributed by atoms with Gasteiger partial charge in [-0.15, -0.1) is 0 Å². The Balaban J connectivity index is 1.85. The van der Waals surface area contributed by atoms with Gasteiger partial charge in [-0.2, -0.15) is 5.10 Å². The summed E-state index contributed by atoms with van der Waals surface area (Å²) in [5.41, 5.74) is 3.73. The van der Waals surface area contributed by atoms with Gasteiger partial charge in [-0.1, -0.05) is 29.8 Å². The number of rotatable bonds is 5. The molecule has 1 aromatic heterocycles. The second-order valence-corrected chi connectivity index (χ2v) is 6.89. The van der Waals surface area contributed by atoms with E-state index in [1.54, 1.807) is 7.05 Å². The number of para-hydroxylation sites is 1. The van der Waals surface area contributed by atoms with E-state index in [1.165, 1.54) is 23.1 Å². The van der Waals surface area contributed by atoms with Crippen LogP contribution in [0, 0.1) is 24.0 Å². The van der Waals surface area contributed by atoms with E-state index >= 15 is 0 Å². The normalized spacial score (nSPS) is 10.7. The molecule has 0 saturated heterocycles. The fourth-order valence-electron chi connectivity index (χ4n) is 3.03. The Morgan fingerprint density at radius 3 is 2.50 bits per heavy atom. The summed E-state index contributed by atoms with van der Waals surface area (Å²) in [5.74, 6) is -0.314. The van der Waals surface area contributed by atoms with Gasteiger partial charge in [-0.05, 0) is 32.0 Å². The van der Waals surface area contributed by atoms with Crippen molar-refractivity contribution < 1.29 is 9.72 Å². The first kappa shape index (κ1) is 19.6. The first-order valence-corrected chi connectivity index (χ1v) is 8.97. The molecule has 0 unspecified atom stereocenters. The summed E-state index contributed by atoms with van der Waals surface area (Å²) in [4.78, 5) is 24.6. The Kier molecular flexibility index (Phi) is 5.46. The Morgan fingerprint density at radius 1 is 1.21 bits per heavy atom. The quantitative estimate of drug-likeness (QED) is 0.473. The molecule has 0 spiro atoms. The molecule has 0 aliphatic heterocycles. The molecule has 3 aromatic rings. The summed E-state index contributed by atoms with van der Waals surface area (Å²) < 4.78 is 1.85. The molecule has 144 valence electrons.